The number of hydrogen-bond donors (Lipinski definition) is 0. The topological polar surface area (TPSA) is 30.7 Å². The number of hydrogen-bond acceptors (Lipinski definition) is 2. The molecular weight excluding hydrogens is 246 g/mol. The van der Waals surface area contributed by atoms with Gasteiger partial charge in [0, 0.05) is 12.1 Å². The van der Waals surface area contributed by atoms with Gasteiger partial charge >= 0.3 is 0 Å². The van der Waals surface area contributed by atoms with Crippen LogP contribution in [0, 0.1) is 0 Å². The van der Waals surface area contributed by atoms with Gasteiger partial charge < -0.3 is 0 Å². The highest BCUT2D eigenvalue weighted by Crippen LogP contribution is 2.13. The van der Waals surface area contributed by atoms with Crippen LogP contribution in [0.4, 0.5) is 0 Å². The normalized spacial score (nSPS) is 10.6. The standard InChI is InChI=1S/C17H17N3/c1-3-8-15(9-4-1)10-7-13-20-14-18-17(19-20)16-11-5-2-6-12-16/h1-6,8-9,11-12,14H,7,10,13H2. The van der Waals surface area contributed by atoms with Gasteiger partial charge in [0.25, 0.3) is 0 Å². The summed E-state index contributed by atoms with van der Waals surface area (Å²) in [5.74, 6) is 0.797. The second kappa shape index (κ2) is 6.15. The van der Waals surface area contributed by atoms with E-state index in [0.717, 1.165) is 30.8 Å². The average molecular weight is 263 g/mol. The van der Waals surface area contributed by atoms with Crippen molar-refractivity contribution in [1.82, 2.24) is 14.8 Å². The Morgan fingerprint density at radius 2 is 1.55 bits per heavy atom. The summed E-state index contributed by atoms with van der Waals surface area (Å²) in [5.41, 5.74) is 2.44. The minimum atomic E-state index is 0.797. The SMILES string of the molecule is c1ccc(CCCn2cnc(-c3ccccc3)n2)cc1. The van der Waals surface area contributed by atoms with Gasteiger partial charge in [-0.25, -0.2) is 4.98 Å². The van der Waals surface area contributed by atoms with Crippen LogP contribution in [0.5, 0.6) is 0 Å². The third-order valence-corrected chi connectivity index (χ3v) is 3.26. The lowest BCUT2D eigenvalue weighted by Gasteiger charge is -2.01. The largest absolute Gasteiger partial charge is 0.252 e. The summed E-state index contributed by atoms with van der Waals surface area (Å²) in [6.07, 6.45) is 3.95. The van der Waals surface area contributed by atoms with E-state index < -0.39 is 0 Å². The summed E-state index contributed by atoms with van der Waals surface area (Å²) in [6.45, 7) is 0.898. The lowest BCUT2D eigenvalue weighted by atomic mass is 10.1. The molecule has 3 heteroatoms. The third-order valence-electron chi connectivity index (χ3n) is 3.26. The molecule has 20 heavy (non-hydrogen) atoms. The number of nitrogens with zero attached hydrogens (tertiary/aromatic N) is 3. The first kappa shape index (κ1) is 12.6. The van der Waals surface area contributed by atoms with Gasteiger partial charge in [-0.15, -0.1) is 0 Å². The molecule has 0 unspecified atom stereocenters. The Kier molecular flexibility index (Phi) is 3.88. The van der Waals surface area contributed by atoms with Crippen LogP contribution < -0.4 is 0 Å². The summed E-state index contributed by atoms with van der Waals surface area (Å²) in [5, 5.41) is 4.52. The van der Waals surface area contributed by atoms with Gasteiger partial charge in [-0.2, -0.15) is 5.10 Å². The smallest absolute Gasteiger partial charge is 0.181 e. The molecule has 0 aliphatic carbocycles. The van der Waals surface area contributed by atoms with Crippen LogP contribution in [-0.4, -0.2) is 14.8 Å². The summed E-state index contributed by atoms with van der Waals surface area (Å²) >= 11 is 0. The number of rotatable bonds is 5. The molecule has 0 fully saturated rings. The van der Waals surface area contributed by atoms with E-state index in [1.165, 1.54) is 5.56 Å². The molecule has 3 aromatic rings. The van der Waals surface area contributed by atoms with Gasteiger partial charge in [-0.05, 0) is 18.4 Å². The molecule has 1 heterocycles. The Morgan fingerprint density at radius 1 is 0.850 bits per heavy atom. The lowest BCUT2D eigenvalue weighted by Crippen LogP contribution is -2.00. The zero-order valence-corrected chi connectivity index (χ0v) is 11.3. The molecule has 3 rings (SSSR count). The molecule has 100 valence electrons. The highest BCUT2D eigenvalue weighted by Gasteiger charge is 2.03. The average Bonchev–Trinajstić information content (AvgIpc) is 2.98. The molecule has 0 aliphatic heterocycles. The Morgan fingerprint density at radius 3 is 2.30 bits per heavy atom. The van der Waals surface area contributed by atoms with Gasteiger partial charge in [0.05, 0.1) is 0 Å². The first-order valence-electron chi connectivity index (χ1n) is 6.90. The fraction of sp³-hybridized carbons (Fsp3) is 0.176. The van der Waals surface area contributed by atoms with Crippen molar-refractivity contribution in [2.24, 2.45) is 0 Å². The summed E-state index contributed by atoms with van der Waals surface area (Å²) < 4.78 is 1.92. The van der Waals surface area contributed by atoms with E-state index in [1.54, 1.807) is 0 Å². The Hall–Kier alpha value is -2.42. The van der Waals surface area contributed by atoms with Crippen molar-refractivity contribution in [3.63, 3.8) is 0 Å². The van der Waals surface area contributed by atoms with Gasteiger partial charge in [0.2, 0.25) is 0 Å². The summed E-state index contributed by atoms with van der Waals surface area (Å²) in [7, 11) is 0. The molecule has 0 saturated heterocycles. The maximum Gasteiger partial charge on any atom is 0.181 e. The fourth-order valence-corrected chi connectivity index (χ4v) is 2.21. The van der Waals surface area contributed by atoms with Crippen LogP contribution in [0.3, 0.4) is 0 Å². The number of aromatic nitrogens is 3. The molecule has 0 bridgehead atoms. The van der Waals surface area contributed by atoms with Gasteiger partial charge in [0.1, 0.15) is 6.33 Å². The molecule has 0 radical (unpaired) electrons. The van der Waals surface area contributed by atoms with Crippen molar-refractivity contribution in [3.8, 4) is 11.4 Å². The predicted octanol–water partition coefficient (Wildman–Crippen LogP) is 3.58. The van der Waals surface area contributed by atoms with Gasteiger partial charge in [-0.3, -0.25) is 4.68 Å². The number of benzene rings is 2. The fourth-order valence-electron chi connectivity index (χ4n) is 2.21. The molecule has 0 N–H and O–H groups in total. The molecule has 0 saturated carbocycles. The molecule has 0 aliphatic rings. The van der Waals surface area contributed by atoms with Gasteiger partial charge in [0.15, 0.2) is 5.82 Å². The van der Waals surface area contributed by atoms with Gasteiger partial charge in [-0.1, -0.05) is 60.7 Å². The minimum absolute atomic E-state index is 0.797. The van der Waals surface area contributed by atoms with E-state index in [-0.39, 0.29) is 0 Å². The highest BCUT2D eigenvalue weighted by molar-refractivity contribution is 5.53. The van der Waals surface area contributed by atoms with Crippen molar-refractivity contribution in [2.75, 3.05) is 0 Å². The van der Waals surface area contributed by atoms with Crippen LogP contribution in [0.2, 0.25) is 0 Å². The van der Waals surface area contributed by atoms with Crippen molar-refractivity contribution in [1.29, 1.82) is 0 Å². The maximum atomic E-state index is 4.52. The molecule has 2 aromatic carbocycles. The van der Waals surface area contributed by atoms with Crippen molar-refractivity contribution in [2.45, 2.75) is 19.4 Å². The molecular formula is C17H17N3. The first-order chi connectivity index (χ1) is 9.92. The molecule has 0 amide bonds. The quantitative estimate of drug-likeness (QED) is 0.704. The first-order valence-corrected chi connectivity index (χ1v) is 6.90. The van der Waals surface area contributed by atoms with Crippen LogP contribution in [0.1, 0.15) is 12.0 Å². The van der Waals surface area contributed by atoms with Crippen molar-refractivity contribution < 1.29 is 0 Å². The molecule has 0 spiro atoms. The summed E-state index contributed by atoms with van der Waals surface area (Å²) in [4.78, 5) is 4.36. The monoisotopic (exact) mass is 263 g/mol. The Labute approximate surface area is 118 Å². The molecule has 0 atom stereocenters. The van der Waals surface area contributed by atoms with E-state index >= 15 is 0 Å². The number of aryl methyl sites for hydroxylation is 2. The maximum absolute atomic E-state index is 4.52. The zero-order valence-electron chi connectivity index (χ0n) is 11.3. The molecule has 3 nitrogen and oxygen atoms in total. The Bertz CT molecular complexity index is 644. The molecule has 1 aromatic heterocycles. The van der Waals surface area contributed by atoms with E-state index in [0.29, 0.717) is 0 Å². The van der Waals surface area contributed by atoms with E-state index in [2.05, 4.69) is 34.3 Å². The second-order valence-electron chi connectivity index (χ2n) is 4.79. The van der Waals surface area contributed by atoms with Crippen LogP contribution in [-0.2, 0) is 13.0 Å². The van der Waals surface area contributed by atoms with Crippen molar-refractivity contribution in [3.05, 3.63) is 72.6 Å². The summed E-state index contributed by atoms with van der Waals surface area (Å²) in [6, 6.07) is 20.6. The Balaban J connectivity index is 1.58. The van der Waals surface area contributed by atoms with Crippen LogP contribution in [0.15, 0.2) is 67.0 Å². The second-order valence-corrected chi connectivity index (χ2v) is 4.79. The van der Waals surface area contributed by atoms with E-state index in [4.69, 9.17) is 0 Å². The van der Waals surface area contributed by atoms with Crippen LogP contribution in [0.25, 0.3) is 11.4 Å². The predicted molar refractivity (Wildman–Crippen MR) is 80.2 cm³/mol. The van der Waals surface area contributed by atoms with E-state index in [9.17, 15) is 0 Å². The van der Waals surface area contributed by atoms with E-state index in [1.807, 2.05) is 47.4 Å². The van der Waals surface area contributed by atoms with Crippen molar-refractivity contribution >= 4 is 0 Å². The highest BCUT2D eigenvalue weighted by atomic mass is 15.3. The van der Waals surface area contributed by atoms with Crippen LogP contribution >= 0.6 is 0 Å². The zero-order chi connectivity index (χ0) is 13.6. The minimum Gasteiger partial charge on any atom is -0.252 e. The third kappa shape index (κ3) is 3.12. The lowest BCUT2D eigenvalue weighted by molar-refractivity contribution is 0.578.